The molecule has 0 saturated heterocycles. The summed E-state index contributed by atoms with van der Waals surface area (Å²) in [4.78, 5) is 15.1. The highest BCUT2D eigenvalue weighted by molar-refractivity contribution is 5.95. The molecule has 0 fully saturated rings. The zero-order valence-corrected chi connectivity index (χ0v) is 8.03. The van der Waals surface area contributed by atoms with Crippen molar-refractivity contribution in [3.8, 4) is 0 Å². The Balaban J connectivity index is 2.50. The number of aliphatic carboxylic acids is 1. The molecule has 0 bridgehead atoms. The molecule has 0 aliphatic carbocycles. The summed E-state index contributed by atoms with van der Waals surface area (Å²) in [6, 6.07) is 0. The van der Waals surface area contributed by atoms with Gasteiger partial charge in [0.25, 0.3) is 0 Å². The second-order valence-corrected chi connectivity index (χ2v) is 3.31. The van der Waals surface area contributed by atoms with Crippen molar-refractivity contribution >= 4 is 11.5 Å². The van der Waals surface area contributed by atoms with Crippen molar-refractivity contribution in [1.82, 2.24) is 9.55 Å². The van der Waals surface area contributed by atoms with Gasteiger partial charge in [-0.15, -0.1) is 0 Å². The van der Waals surface area contributed by atoms with E-state index in [1.807, 2.05) is 17.7 Å². The van der Waals surface area contributed by atoms with Gasteiger partial charge >= 0.3 is 5.97 Å². The van der Waals surface area contributed by atoms with Crippen LogP contribution in [0.25, 0.3) is 5.57 Å². The number of nitrogens with zero attached hydrogens (tertiary/aromatic N) is 2. The van der Waals surface area contributed by atoms with E-state index in [1.54, 1.807) is 6.20 Å². The third-order valence-electron chi connectivity index (χ3n) is 2.56. The molecule has 1 aliphatic rings. The number of aryl methyl sites for hydroxylation is 1. The summed E-state index contributed by atoms with van der Waals surface area (Å²) in [6.07, 6.45) is 4.94. The number of hydrogen-bond acceptors (Lipinski definition) is 2. The number of aromatic nitrogens is 2. The van der Waals surface area contributed by atoms with Gasteiger partial charge in [-0.2, -0.15) is 0 Å². The first-order chi connectivity index (χ1) is 6.74. The summed E-state index contributed by atoms with van der Waals surface area (Å²) in [5.74, 6) is 0.00296. The molecule has 14 heavy (non-hydrogen) atoms. The van der Waals surface area contributed by atoms with Gasteiger partial charge in [0.15, 0.2) is 0 Å². The number of imidazole rings is 1. The predicted octanol–water partition coefficient (Wildman–Crippen LogP) is 1.53. The molecule has 0 aromatic carbocycles. The maximum atomic E-state index is 11.0. The van der Waals surface area contributed by atoms with E-state index in [0.29, 0.717) is 12.0 Å². The molecule has 0 radical (unpaired) electrons. The summed E-state index contributed by atoms with van der Waals surface area (Å²) in [6.45, 7) is 2.71. The van der Waals surface area contributed by atoms with Gasteiger partial charge in [-0.1, -0.05) is 6.92 Å². The van der Waals surface area contributed by atoms with Crippen LogP contribution < -0.4 is 0 Å². The normalized spacial score (nSPS) is 18.1. The van der Waals surface area contributed by atoms with Crippen LogP contribution in [0.3, 0.4) is 0 Å². The molecule has 1 aliphatic heterocycles. The second kappa shape index (κ2) is 3.29. The molecule has 2 rings (SSSR count). The van der Waals surface area contributed by atoms with Crippen LogP contribution in [0, 0.1) is 0 Å². The Morgan fingerprint density at radius 3 is 3.14 bits per heavy atom. The molecule has 0 unspecified atom stereocenters. The molecule has 1 aromatic heterocycles. The number of fused-ring (bicyclic) bond motifs is 1. The van der Waals surface area contributed by atoms with E-state index >= 15 is 0 Å². The van der Waals surface area contributed by atoms with Crippen LogP contribution in [-0.4, -0.2) is 20.6 Å². The third-order valence-corrected chi connectivity index (χ3v) is 2.56. The predicted molar refractivity (Wildman–Crippen MR) is 51.7 cm³/mol. The van der Waals surface area contributed by atoms with Crippen molar-refractivity contribution in [3.63, 3.8) is 0 Å². The molecule has 2 heterocycles. The number of hydrogen-bond donors (Lipinski definition) is 1. The average Bonchev–Trinajstić information content (AvgIpc) is 2.69. The lowest BCUT2D eigenvalue weighted by molar-refractivity contribution is -0.132. The Kier molecular flexibility index (Phi) is 2.11. The molecular formula is C10H12N2O2. The molecule has 0 atom stereocenters. The van der Waals surface area contributed by atoms with E-state index in [9.17, 15) is 4.79 Å². The van der Waals surface area contributed by atoms with E-state index in [1.165, 1.54) is 0 Å². The second-order valence-electron chi connectivity index (χ2n) is 3.31. The maximum Gasteiger partial charge on any atom is 0.331 e. The van der Waals surface area contributed by atoms with Crippen LogP contribution >= 0.6 is 0 Å². The first-order valence-corrected chi connectivity index (χ1v) is 4.71. The van der Waals surface area contributed by atoms with Gasteiger partial charge in [0.2, 0.25) is 0 Å². The minimum atomic E-state index is -0.820. The number of carboxylic acids is 1. The van der Waals surface area contributed by atoms with Crippen LogP contribution in [0.15, 0.2) is 18.0 Å². The molecule has 1 N–H and O–H groups in total. The van der Waals surface area contributed by atoms with Crippen LogP contribution in [0.1, 0.15) is 25.6 Å². The van der Waals surface area contributed by atoms with Crippen molar-refractivity contribution in [3.05, 3.63) is 23.8 Å². The first-order valence-electron chi connectivity index (χ1n) is 4.71. The summed E-state index contributed by atoms with van der Waals surface area (Å²) in [7, 11) is 0. The van der Waals surface area contributed by atoms with E-state index in [4.69, 9.17) is 5.11 Å². The minimum Gasteiger partial charge on any atom is -0.478 e. The SMILES string of the molecule is CC/C(C(=O)O)=C1\CCn2ccnc21. The molecule has 0 spiro atoms. The highest BCUT2D eigenvalue weighted by Gasteiger charge is 2.22. The molecule has 4 nitrogen and oxygen atoms in total. The molecule has 0 amide bonds. The van der Waals surface area contributed by atoms with Crippen LogP contribution in [0.5, 0.6) is 0 Å². The fraction of sp³-hybridized carbons (Fsp3) is 0.400. The lowest BCUT2D eigenvalue weighted by Crippen LogP contribution is -2.02. The van der Waals surface area contributed by atoms with Gasteiger partial charge in [0.1, 0.15) is 5.82 Å². The monoisotopic (exact) mass is 192 g/mol. The smallest absolute Gasteiger partial charge is 0.331 e. The Bertz CT molecular complexity index is 404. The molecule has 0 saturated carbocycles. The maximum absolute atomic E-state index is 11.0. The number of rotatable bonds is 2. The number of allylic oxidation sites excluding steroid dienone is 1. The average molecular weight is 192 g/mol. The van der Waals surface area contributed by atoms with Crippen LogP contribution in [-0.2, 0) is 11.3 Å². The zero-order chi connectivity index (χ0) is 10.1. The first kappa shape index (κ1) is 8.99. The third kappa shape index (κ3) is 1.23. The Morgan fingerprint density at radius 2 is 2.50 bits per heavy atom. The van der Waals surface area contributed by atoms with Crippen molar-refractivity contribution in [2.24, 2.45) is 0 Å². The van der Waals surface area contributed by atoms with Crippen molar-refractivity contribution < 1.29 is 9.90 Å². The highest BCUT2D eigenvalue weighted by atomic mass is 16.4. The molecule has 1 aromatic rings. The quantitative estimate of drug-likeness (QED) is 0.723. The summed E-state index contributed by atoms with van der Waals surface area (Å²) in [5.41, 5.74) is 1.39. The topological polar surface area (TPSA) is 55.1 Å². The summed E-state index contributed by atoms with van der Waals surface area (Å²) >= 11 is 0. The van der Waals surface area contributed by atoms with Crippen molar-refractivity contribution in [2.45, 2.75) is 26.3 Å². The van der Waals surface area contributed by atoms with E-state index < -0.39 is 5.97 Å². The van der Waals surface area contributed by atoms with Gasteiger partial charge in [-0.25, -0.2) is 9.78 Å². The van der Waals surface area contributed by atoms with E-state index in [0.717, 1.165) is 24.4 Å². The van der Waals surface area contributed by atoms with Gasteiger partial charge in [-0.05, 0) is 12.8 Å². The molecule has 4 heteroatoms. The lowest BCUT2D eigenvalue weighted by atomic mass is 10.0. The summed E-state index contributed by atoms with van der Waals surface area (Å²) in [5, 5.41) is 9.00. The zero-order valence-electron chi connectivity index (χ0n) is 8.03. The van der Waals surface area contributed by atoms with Crippen molar-refractivity contribution in [2.75, 3.05) is 0 Å². The fourth-order valence-corrected chi connectivity index (χ4v) is 1.88. The summed E-state index contributed by atoms with van der Waals surface area (Å²) < 4.78 is 1.99. The van der Waals surface area contributed by atoms with Gasteiger partial charge in [0.05, 0.1) is 0 Å². The van der Waals surface area contributed by atoms with Gasteiger partial charge in [0, 0.05) is 30.1 Å². The van der Waals surface area contributed by atoms with E-state index in [-0.39, 0.29) is 0 Å². The van der Waals surface area contributed by atoms with Crippen LogP contribution in [0.4, 0.5) is 0 Å². The highest BCUT2D eigenvalue weighted by Crippen LogP contribution is 2.29. The Hall–Kier alpha value is -1.58. The standard InChI is InChI=1S/C10H12N2O2/c1-2-7(10(13)14)8-3-5-12-6-4-11-9(8)12/h4,6H,2-3,5H2,1H3,(H,13,14)/b8-7-. The number of carbonyl (C=O) groups is 1. The largest absolute Gasteiger partial charge is 0.478 e. The molecular weight excluding hydrogens is 180 g/mol. The number of carboxylic acid groups (broad SMARTS) is 1. The molecule has 74 valence electrons. The van der Waals surface area contributed by atoms with Gasteiger partial charge in [-0.3, -0.25) is 0 Å². The van der Waals surface area contributed by atoms with E-state index in [2.05, 4.69) is 4.98 Å². The lowest BCUT2D eigenvalue weighted by Gasteiger charge is -2.02. The fourth-order valence-electron chi connectivity index (χ4n) is 1.88. The Labute approximate surface area is 81.9 Å². The van der Waals surface area contributed by atoms with Crippen LogP contribution in [0.2, 0.25) is 0 Å². The van der Waals surface area contributed by atoms with Crippen molar-refractivity contribution in [1.29, 1.82) is 0 Å². The van der Waals surface area contributed by atoms with Gasteiger partial charge < -0.3 is 9.67 Å². The Morgan fingerprint density at radius 1 is 1.71 bits per heavy atom. The minimum absolute atomic E-state index is 0.495.